The maximum absolute atomic E-state index is 9.47. The van der Waals surface area contributed by atoms with Crippen molar-refractivity contribution in [3.05, 3.63) is 18.1 Å². The van der Waals surface area contributed by atoms with Gasteiger partial charge in [-0.25, -0.2) is 9.97 Å². The number of anilines is 1. The summed E-state index contributed by atoms with van der Waals surface area (Å²) in [5, 5.41) is 18.9. The smallest absolute Gasteiger partial charge is 0.132 e. The highest BCUT2D eigenvalue weighted by Gasteiger charge is 2.30. The van der Waals surface area contributed by atoms with Crippen molar-refractivity contribution in [1.29, 1.82) is 0 Å². The van der Waals surface area contributed by atoms with Crippen molar-refractivity contribution in [2.45, 2.75) is 32.0 Å². The van der Waals surface area contributed by atoms with Gasteiger partial charge < -0.3 is 15.1 Å². The molecule has 1 aromatic rings. The lowest BCUT2D eigenvalue weighted by molar-refractivity contribution is 0.0572. The third kappa shape index (κ3) is 2.31. The lowest BCUT2D eigenvalue weighted by Crippen LogP contribution is -2.22. The Hall–Kier alpha value is -1.20. The monoisotopic (exact) mass is 223 g/mol. The van der Waals surface area contributed by atoms with Gasteiger partial charge in [-0.3, -0.25) is 0 Å². The van der Waals surface area contributed by atoms with E-state index in [2.05, 4.69) is 16.9 Å². The van der Waals surface area contributed by atoms with Gasteiger partial charge in [-0.05, 0) is 6.42 Å². The van der Waals surface area contributed by atoms with Gasteiger partial charge in [0.25, 0.3) is 0 Å². The molecule has 0 aliphatic carbocycles. The first kappa shape index (κ1) is 11.3. The van der Waals surface area contributed by atoms with Crippen LogP contribution in [-0.4, -0.2) is 45.5 Å². The van der Waals surface area contributed by atoms with Crippen LogP contribution in [0.1, 0.15) is 19.0 Å². The van der Waals surface area contributed by atoms with Gasteiger partial charge in [0.1, 0.15) is 12.1 Å². The molecule has 1 aromatic heterocycles. The Morgan fingerprint density at radius 1 is 1.31 bits per heavy atom. The van der Waals surface area contributed by atoms with Crippen LogP contribution in [0.25, 0.3) is 0 Å². The average Bonchev–Trinajstić information content (AvgIpc) is 2.60. The van der Waals surface area contributed by atoms with E-state index in [-0.39, 0.29) is 0 Å². The van der Waals surface area contributed by atoms with Crippen LogP contribution in [0.15, 0.2) is 12.4 Å². The van der Waals surface area contributed by atoms with Crippen LogP contribution in [0, 0.1) is 0 Å². The molecule has 0 saturated carbocycles. The molecular weight excluding hydrogens is 206 g/mol. The Balaban J connectivity index is 2.12. The first-order valence-electron chi connectivity index (χ1n) is 5.62. The molecule has 1 aliphatic rings. The number of hydrogen-bond donors (Lipinski definition) is 2. The molecule has 5 heteroatoms. The van der Waals surface area contributed by atoms with Crippen LogP contribution >= 0.6 is 0 Å². The molecule has 2 heterocycles. The summed E-state index contributed by atoms with van der Waals surface area (Å²) >= 11 is 0. The third-order valence-electron chi connectivity index (χ3n) is 2.80. The number of nitrogens with zero attached hydrogens (tertiary/aromatic N) is 3. The van der Waals surface area contributed by atoms with Crippen LogP contribution in [0.2, 0.25) is 0 Å². The van der Waals surface area contributed by atoms with Crippen molar-refractivity contribution in [1.82, 2.24) is 9.97 Å². The second kappa shape index (κ2) is 4.76. The first-order valence-corrected chi connectivity index (χ1v) is 5.62. The summed E-state index contributed by atoms with van der Waals surface area (Å²) in [6, 6.07) is 1.92. The fourth-order valence-corrected chi connectivity index (χ4v) is 1.91. The van der Waals surface area contributed by atoms with Crippen molar-refractivity contribution < 1.29 is 10.2 Å². The van der Waals surface area contributed by atoms with Crippen LogP contribution < -0.4 is 4.90 Å². The molecule has 2 rings (SSSR count). The maximum atomic E-state index is 9.47. The van der Waals surface area contributed by atoms with E-state index in [4.69, 9.17) is 0 Å². The third-order valence-corrected chi connectivity index (χ3v) is 2.80. The fraction of sp³-hybridized carbons (Fsp3) is 0.636. The fourth-order valence-electron chi connectivity index (χ4n) is 1.91. The highest BCUT2D eigenvalue weighted by Crippen LogP contribution is 2.18. The SMILES string of the molecule is CCCc1cc(N2CC(O)C(O)C2)ncn1. The van der Waals surface area contributed by atoms with E-state index in [0.29, 0.717) is 13.1 Å². The summed E-state index contributed by atoms with van der Waals surface area (Å²) in [5.41, 5.74) is 1.00. The van der Waals surface area contributed by atoms with Crippen LogP contribution in [0.3, 0.4) is 0 Å². The van der Waals surface area contributed by atoms with Gasteiger partial charge >= 0.3 is 0 Å². The average molecular weight is 223 g/mol. The molecule has 2 unspecified atom stereocenters. The Kier molecular flexibility index (Phi) is 3.36. The van der Waals surface area contributed by atoms with Gasteiger partial charge in [-0.1, -0.05) is 13.3 Å². The zero-order valence-corrected chi connectivity index (χ0v) is 9.37. The van der Waals surface area contributed by atoms with Gasteiger partial charge in [0.15, 0.2) is 0 Å². The summed E-state index contributed by atoms with van der Waals surface area (Å²) in [4.78, 5) is 10.2. The summed E-state index contributed by atoms with van der Waals surface area (Å²) in [6.45, 7) is 2.97. The molecule has 0 bridgehead atoms. The number of aliphatic hydroxyl groups is 2. The van der Waals surface area contributed by atoms with E-state index in [1.807, 2.05) is 11.0 Å². The quantitative estimate of drug-likeness (QED) is 0.753. The zero-order valence-electron chi connectivity index (χ0n) is 9.37. The molecule has 88 valence electrons. The summed E-state index contributed by atoms with van der Waals surface area (Å²) in [6.07, 6.45) is 2.15. The molecule has 0 aromatic carbocycles. The molecule has 1 saturated heterocycles. The normalized spacial score (nSPS) is 25.1. The second-order valence-corrected chi connectivity index (χ2v) is 4.16. The molecule has 0 amide bonds. The number of rotatable bonds is 3. The highest BCUT2D eigenvalue weighted by atomic mass is 16.3. The molecule has 16 heavy (non-hydrogen) atoms. The highest BCUT2D eigenvalue weighted by molar-refractivity contribution is 5.41. The zero-order chi connectivity index (χ0) is 11.5. The topological polar surface area (TPSA) is 69.5 Å². The van der Waals surface area contributed by atoms with Gasteiger partial charge in [0.05, 0.1) is 12.2 Å². The van der Waals surface area contributed by atoms with E-state index < -0.39 is 12.2 Å². The maximum Gasteiger partial charge on any atom is 0.132 e. The lowest BCUT2D eigenvalue weighted by Gasteiger charge is -2.16. The van der Waals surface area contributed by atoms with Crippen LogP contribution in [0.4, 0.5) is 5.82 Å². The molecule has 1 aliphatic heterocycles. The largest absolute Gasteiger partial charge is 0.389 e. The Morgan fingerprint density at radius 3 is 2.62 bits per heavy atom. The number of aryl methyl sites for hydroxylation is 1. The first-order chi connectivity index (χ1) is 7.70. The van der Waals surface area contributed by atoms with Crippen LogP contribution in [0.5, 0.6) is 0 Å². The van der Waals surface area contributed by atoms with E-state index in [1.165, 1.54) is 6.33 Å². The van der Waals surface area contributed by atoms with E-state index in [0.717, 1.165) is 24.4 Å². The summed E-state index contributed by atoms with van der Waals surface area (Å²) < 4.78 is 0. The number of aromatic nitrogens is 2. The molecule has 5 nitrogen and oxygen atoms in total. The number of β-amino-alcohol motifs (C(OH)–C–C–N with tert-alkyl or cyclic N) is 2. The predicted molar refractivity (Wildman–Crippen MR) is 60.3 cm³/mol. The Bertz CT molecular complexity index is 349. The van der Waals surface area contributed by atoms with Crippen molar-refractivity contribution in [2.75, 3.05) is 18.0 Å². The summed E-state index contributed by atoms with van der Waals surface area (Å²) in [7, 11) is 0. The molecule has 0 spiro atoms. The van der Waals surface area contributed by atoms with Crippen molar-refractivity contribution in [3.63, 3.8) is 0 Å². The Labute approximate surface area is 94.8 Å². The second-order valence-electron chi connectivity index (χ2n) is 4.16. The molecule has 2 atom stereocenters. The van der Waals surface area contributed by atoms with E-state index in [9.17, 15) is 10.2 Å². The molecular formula is C11H17N3O2. The van der Waals surface area contributed by atoms with Gasteiger partial charge in [0.2, 0.25) is 0 Å². The minimum Gasteiger partial charge on any atom is -0.389 e. The minimum absolute atomic E-state index is 0.434. The van der Waals surface area contributed by atoms with Gasteiger partial charge in [0, 0.05) is 24.8 Å². The number of hydrogen-bond acceptors (Lipinski definition) is 5. The molecule has 2 N–H and O–H groups in total. The van der Waals surface area contributed by atoms with Crippen molar-refractivity contribution in [2.24, 2.45) is 0 Å². The minimum atomic E-state index is -0.676. The molecule has 0 radical (unpaired) electrons. The van der Waals surface area contributed by atoms with E-state index in [1.54, 1.807) is 0 Å². The van der Waals surface area contributed by atoms with Crippen molar-refractivity contribution in [3.8, 4) is 0 Å². The summed E-state index contributed by atoms with van der Waals surface area (Å²) in [5.74, 6) is 0.786. The lowest BCUT2D eigenvalue weighted by atomic mass is 10.2. The van der Waals surface area contributed by atoms with E-state index >= 15 is 0 Å². The van der Waals surface area contributed by atoms with Gasteiger partial charge in [-0.15, -0.1) is 0 Å². The van der Waals surface area contributed by atoms with Crippen LogP contribution in [-0.2, 0) is 6.42 Å². The predicted octanol–water partition coefficient (Wildman–Crippen LogP) is -0.0291. The number of aliphatic hydroxyl groups excluding tert-OH is 2. The van der Waals surface area contributed by atoms with Gasteiger partial charge in [-0.2, -0.15) is 0 Å². The Morgan fingerprint density at radius 2 is 2.00 bits per heavy atom. The standard InChI is InChI=1S/C11H17N3O2/c1-2-3-8-4-11(13-7-12-8)14-5-9(15)10(16)6-14/h4,7,9-10,15-16H,2-3,5-6H2,1H3. The molecule has 1 fully saturated rings. The van der Waals surface area contributed by atoms with Crippen molar-refractivity contribution >= 4 is 5.82 Å².